The Morgan fingerprint density at radius 1 is 0.857 bits per heavy atom. The number of piperidine rings is 1. The molecule has 0 spiro atoms. The van der Waals surface area contributed by atoms with Crippen molar-refractivity contribution in [2.75, 3.05) is 7.05 Å². The molecule has 10 heteroatoms. The summed E-state index contributed by atoms with van der Waals surface area (Å²) in [6.07, 6.45) is -4.48. The summed E-state index contributed by atoms with van der Waals surface area (Å²) in [6, 6.07) is 2.36. The maximum absolute atomic E-state index is 13.1. The van der Waals surface area contributed by atoms with E-state index in [1.54, 1.807) is 4.68 Å². The third-order valence-corrected chi connectivity index (χ3v) is 5.84. The van der Waals surface area contributed by atoms with E-state index >= 15 is 0 Å². The lowest BCUT2D eigenvalue weighted by molar-refractivity contribution is -0.143. The zero-order valence-corrected chi connectivity index (χ0v) is 14.9. The van der Waals surface area contributed by atoms with E-state index in [-0.39, 0.29) is 23.4 Å². The molecule has 2 aliphatic heterocycles. The van der Waals surface area contributed by atoms with Crippen LogP contribution in [-0.4, -0.2) is 39.0 Å². The fraction of sp³-hybridized carbons (Fsp3) is 0.556. The monoisotopic (exact) mass is 404 g/mol. The van der Waals surface area contributed by atoms with Gasteiger partial charge in [0.05, 0.1) is 23.4 Å². The van der Waals surface area contributed by atoms with E-state index in [1.165, 1.54) is 6.20 Å². The summed E-state index contributed by atoms with van der Waals surface area (Å²) in [5.41, 5.74) is -2.96. The van der Waals surface area contributed by atoms with Crippen LogP contribution in [0.4, 0.5) is 26.3 Å². The molecular weight excluding hydrogens is 386 g/mol. The summed E-state index contributed by atoms with van der Waals surface area (Å²) in [5, 5.41) is 7.87. The van der Waals surface area contributed by atoms with Gasteiger partial charge in [-0.2, -0.15) is 26.3 Å². The predicted molar refractivity (Wildman–Crippen MR) is 88.3 cm³/mol. The molecule has 4 rings (SSSR count). The first-order valence-corrected chi connectivity index (χ1v) is 8.96. The Bertz CT molecular complexity index is 825. The number of benzene rings is 1. The summed E-state index contributed by atoms with van der Waals surface area (Å²) in [5.74, 6) is 0. The van der Waals surface area contributed by atoms with Gasteiger partial charge in [0.25, 0.3) is 0 Å². The van der Waals surface area contributed by atoms with E-state index in [0.717, 1.165) is 25.7 Å². The van der Waals surface area contributed by atoms with E-state index in [0.29, 0.717) is 24.2 Å². The molecule has 1 unspecified atom stereocenters. The smallest absolute Gasteiger partial charge is 0.300 e. The lowest BCUT2D eigenvalue weighted by atomic mass is 9.98. The molecule has 3 atom stereocenters. The van der Waals surface area contributed by atoms with Crippen molar-refractivity contribution in [3.63, 3.8) is 0 Å². The van der Waals surface area contributed by atoms with Crippen molar-refractivity contribution in [1.82, 2.24) is 19.9 Å². The summed E-state index contributed by atoms with van der Waals surface area (Å²) < 4.78 is 80.0. The highest BCUT2D eigenvalue weighted by molar-refractivity contribution is 5.61. The molecule has 0 aliphatic carbocycles. The van der Waals surface area contributed by atoms with E-state index in [2.05, 4.69) is 22.3 Å². The summed E-state index contributed by atoms with van der Waals surface area (Å²) in [7, 11) is 2.08. The largest absolute Gasteiger partial charge is 0.416 e. The minimum Gasteiger partial charge on any atom is -0.300 e. The first kappa shape index (κ1) is 19.2. The number of hydrogen-bond acceptors (Lipinski definition) is 3. The Labute approximate surface area is 157 Å². The molecule has 4 nitrogen and oxygen atoms in total. The Balaban J connectivity index is 1.67. The number of aromatic nitrogens is 3. The Morgan fingerprint density at radius 2 is 1.39 bits per heavy atom. The van der Waals surface area contributed by atoms with Crippen molar-refractivity contribution in [1.29, 1.82) is 0 Å². The third-order valence-electron chi connectivity index (χ3n) is 5.84. The standard InChI is InChI=1S/C18H18F6N4/c1-27-13-2-3-14(27)8-15(7-13)28-9-16(25-26-28)10-4-11(17(19,20)21)6-12(5-10)18(22,23)24/h4-6,9,13-15H,2-3,7-8H2,1H3/t13-,14+,15?. The van der Waals surface area contributed by atoms with E-state index < -0.39 is 23.5 Å². The molecule has 1 aromatic carbocycles. The minimum atomic E-state index is -4.89. The van der Waals surface area contributed by atoms with Gasteiger partial charge in [0, 0.05) is 17.6 Å². The maximum Gasteiger partial charge on any atom is 0.416 e. The van der Waals surface area contributed by atoms with Crippen LogP contribution in [0.5, 0.6) is 0 Å². The normalized spacial score (nSPS) is 26.0. The Hall–Kier alpha value is -2.10. The lowest BCUT2D eigenvalue weighted by Gasteiger charge is -2.36. The van der Waals surface area contributed by atoms with Crippen LogP contribution >= 0.6 is 0 Å². The van der Waals surface area contributed by atoms with Gasteiger partial charge in [-0.1, -0.05) is 5.21 Å². The Kier molecular flexibility index (Phi) is 4.44. The van der Waals surface area contributed by atoms with E-state index in [4.69, 9.17) is 0 Å². The van der Waals surface area contributed by atoms with Crippen LogP contribution in [0.1, 0.15) is 42.9 Å². The van der Waals surface area contributed by atoms with Crippen molar-refractivity contribution in [3.8, 4) is 11.3 Å². The molecule has 28 heavy (non-hydrogen) atoms. The van der Waals surface area contributed by atoms with Gasteiger partial charge in [0.15, 0.2) is 0 Å². The summed E-state index contributed by atoms with van der Waals surface area (Å²) >= 11 is 0. The zero-order chi connectivity index (χ0) is 20.3. The fourth-order valence-electron chi connectivity index (χ4n) is 4.29. The van der Waals surface area contributed by atoms with Crippen molar-refractivity contribution in [2.45, 2.75) is 56.2 Å². The van der Waals surface area contributed by atoms with Crippen LogP contribution < -0.4 is 0 Å². The SMILES string of the molecule is CN1[C@@H]2CC[C@H]1CC(n1cc(-c3cc(C(F)(F)F)cc(C(F)(F)F)c3)nn1)C2. The first-order chi connectivity index (χ1) is 13.0. The van der Waals surface area contributed by atoms with Crippen molar-refractivity contribution in [2.24, 2.45) is 0 Å². The molecule has 1 aromatic heterocycles. The third kappa shape index (κ3) is 3.49. The zero-order valence-electron chi connectivity index (χ0n) is 14.9. The second kappa shape index (κ2) is 6.47. The average molecular weight is 404 g/mol. The quantitative estimate of drug-likeness (QED) is 0.676. The Morgan fingerprint density at radius 3 is 1.89 bits per heavy atom. The molecule has 2 bridgehead atoms. The number of nitrogens with zero attached hydrogens (tertiary/aromatic N) is 4. The topological polar surface area (TPSA) is 34.0 Å². The van der Waals surface area contributed by atoms with E-state index in [9.17, 15) is 26.3 Å². The van der Waals surface area contributed by atoms with Crippen LogP contribution in [-0.2, 0) is 12.4 Å². The van der Waals surface area contributed by atoms with Crippen LogP contribution in [0.15, 0.2) is 24.4 Å². The molecule has 2 saturated heterocycles. The first-order valence-electron chi connectivity index (χ1n) is 8.96. The molecule has 2 aliphatic rings. The molecule has 0 amide bonds. The number of hydrogen-bond donors (Lipinski definition) is 0. The number of rotatable bonds is 2. The van der Waals surface area contributed by atoms with Crippen LogP contribution in [0.2, 0.25) is 0 Å². The number of halogens is 6. The lowest BCUT2D eigenvalue weighted by Crippen LogP contribution is -2.40. The second-order valence-corrected chi connectivity index (χ2v) is 7.55. The molecule has 3 heterocycles. The molecule has 0 N–H and O–H groups in total. The number of fused-ring (bicyclic) bond motifs is 2. The van der Waals surface area contributed by atoms with Gasteiger partial charge in [0.2, 0.25) is 0 Å². The van der Waals surface area contributed by atoms with Crippen molar-refractivity contribution < 1.29 is 26.3 Å². The van der Waals surface area contributed by atoms with E-state index in [1.807, 2.05) is 0 Å². The molecule has 0 saturated carbocycles. The van der Waals surface area contributed by atoms with Gasteiger partial charge in [-0.3, -0.25) is 0 Å². The van der Waals surface area contributed by atoms with Gasteiger partial charge >= 0.3 is 12.4 Å². The van der Waals surface area contributed by atoms with Crippen LogP contribution in [0.25, 0.3) is 11.3 Å². The highest BCUT2D eigenvalue weighted by Gasteiger charge is 2.40. The maximum atomic E-state index is 13.1. The second-order valence-electron chi connectivity index (χ2n) is 7.55. The van der Waals surface area contributed by atoms with Crippen LogP contribution in [0.3, 0.4) is 0 Å². The van der Waals surface area contributed by atoms with Gasteiger partial charge in [-0.25, -0.2) is 4.68 Å². The van der Waals surface area contributed by atoms with Gasteiger partial charge < -0.3 is 4.90 Å². The molecule has 2 fully saturated rings. The summed E-state index contributed by atoms with van der Waals surface area (Å²) in [6.45, 7) is 0. The van der Waals surface area contributed by atoms with Crippen LogP contribution in [0, 0.1) is 0 Å². The average Bonchev–Trinajstić information content (AvgIpc) is 3.15. The fourth-order valence-corrected chi connectivity index (χ4v) is 4.29. The highest BCUT2D eigenvalue weighted by atomic mass is 19.4. The van der Waals surface area contributed by atoms with Gasteiger partial charge in [0.1, 0.15) is 5.69 Å². The molecule has 2 aromatic rings. The minimum absolute atomic E-state index is 0.00266. The number of alkyl halides is 6. The summed E-state index contributed by atoms with van der Waals surface area (Å²) in [4.78, 5) is 2.33. The van der Waals surface area contributed by atoms with Crippen molar-refractivity contribution in [3.05, 3.63) is 35.5 Å². The molecule has 152 valence electrons. The van der Waals surface area contributed by atoms with Gasteiger partial charge in [-0.15, -0.1) is 5.10 Å². The van der Waals surface area contributed by atoms with Crippen molar-refractivity contribution >= 4 is 0 Å². The van der Waals surface area contributed by atoms with Gasteiger partial charge in [-0.05, 0) is 50.9 Å². The predicted octanol–water partition coefficient (Wildman–Crippen LogP) is 4.78. The highest BCUT2D eigenvalue weighted by Crippen LogP contribution is 2.41. The molecule has 0 radical (unpaired) electrons. The molecular formula is C18H18F6N4.